The first-order chi connectivity index (χ1) is 14.5. The SMILES string of the molecule is O=C(O)CNC(=O)[C@H](Cc1c[nH]c2ccccc12)n1c(=O)[nH]c2ccccc2c1=O. The van der Waals surface area contributed by atoms with Crippen molar-refractivity contribution in [2.75, 3.05) is 6.54 Å². The average molecular weight is 406 g/mol. The highest BCUT2D eigenvalue weighted by Gasteiger charge is 2.26. The second-order valence-corrected chi connectivity index (χ2v) is 6.84. The maximum Gasteiger partial charge on any atom is 0.329 e. The summed E-state index contributed by atoms with van der Waals surface area (Å²) in [5.74, 6) is -1.96. The van der Waals surface area contributed by atoms with E-state index in [-0.39, 0.29) is 11.8 Å². The number of carbonyl (C=O) groups excluding carboxylic acids is 1. The van der Waals surface area contributed by atoms with Gasteiger partial charge in [0, 0.05) is 23.5 Å². The predicted molar refractivity (Wildman–Crippen MR) is 111 cm³/mol. The van der Waals surface area contributed by atoms with Gasteiger partial charge in [0.15, 0.2) is 0 Å². The summed E-state index contributed by atoms with van der Waals surface area (Å²) in [5.41, 5.74) is 0.566. The second kappa shape index (κ2) is 7.70. The number of carbonyl (C=O) groups is 2. The summed E-state index contributed by atoms with van der Waals surface area (Å²) in [5, 5.41) is 12.3. The van der Waals surface area contributed by atoms with E-state index in [0.717, 1.165) is 21.0 Å². The first-order valence-corrected chi connectivity index (χ1v) is 9.24. The van der Waals surface area contributed by atoms with E-state index < -0.39 is 35.7 Å². The number of amides is 1. The zero-order chi connectivity index (χ0) is 21.3. The van der Waals surface area contributed by atoms with E-state index in [1.165, 1.54) is 0 Å². The van der Waals surface area contributed by atoms with Crippen LogP contribution in [0.4, 0.5) is 0 Å². The monoisotopic (exact) mass is 406 g/mol. The molecule has 9 heteroatoms. The molecule has 2 heterocycles. The molecule has 1 atom stereocenters. The number of aromatic amines is 2. The fraction of sp³-hybridized carbons (Fsp3) is 0.143. The van der Waals surface area contributed by atoms with E-state index >= 15 is 0 Å². The number of hydrogen-bond acceptors (Lipinski definition) is 4. The summed E-state index contributed by atoms with van der Waals surface area (Å²) < 4.78 is 0.849. The smallest absolute Gasteiger partial charge is 0.329 e. The number of hydrogen-bond donors (Lipinski definition) is 4. The third-order valence-corrected chi connectivity index (χ3v) is 4.95. The van der Waals surface area contributed by atoms with Crippen LogP contribution in [0.15, 0.2) is 64.3 Å². The fourth-order valence-corrected chi connectivity index (χ4v) is 3.55. The van der Waals surface area contributed by atoms with Crippen LogP contribution in [-0.2, 0) is 16.0 Å². The average Bonchev–Trinajstić information content (AvgIpc) is 3.14. The van der Waals surface area contributed by atoms with Gasteiger partial charge in [0.1, 0.15) is 12.6 Å². The number of nitrogens with one attached hydrogen (secondary N) is 3. The zero-order valence-electron chi connectivity index (χ0n) is 15.7. The molecule has 2 aromatic carbocycles. The van der Waals surface area contributed by atoms with Crippen molar-refractivity contribution in [3.8, 4) is 0 Å². The molecule has 30 heavy (non-hydrogen) atoms. The van der Waals surface area contributed by atoms with Gasteiger partial charge in [0.2, 0.25) is 5.91 Å². The maximum atomic E-state index is 13.1. The minimum absolute atomic E-state index is 0.0246. The lowest BCUT2D eigenvalue weighted by molar-refractivity contribution is -0.138. The summed E-state index contributed by atoms with van der Waals surface area (Å²) >= 11 is 0. The Labute approximate surface area is 169 Å². The summed E-state index contributed by atoms with van der Waals surface area (Å²) in [6.45, 7) is -0.622. The van der Waals surface area contributed by atoms with Crippen LogP contribution in [-0.4, -0.2) is 38.1 Å². The third-order valence-electron chi connectivity index (χ3n) is 4.95. The summed E-state index contributed by atoms with van der Waals surface area (Å²) in [4.78, 5) is 55.3. The molecule has 0 saturated carbocycles. The number of carboxylic acids is 1. The van der Waals surface area contributed by atoms with Crippen molar-refractivity contribution in [3.63, 3.8) is 0 Å². The van der Waals surface area contributed by atoms with Crippen LogP contribution >= 0.6 is 0 Å². The number of nitrogens with zero attached hydrogens (tertiary/aromatic N) is 1. The van der Waals surface area contributed by atoms with Crippen LogP contribution in [0, 0.1) is 0 Å². The van der Waals surface area contributed by atoms with Crippen LogP contribution in [0.5, 0.6) is 0 Å². The highest BCUT2D eigenvalue weighted by atomic mass is 16.4. The Morgan fingerprint density at radius 1 is 1.00 bits per heavy atom. The van der Waals surface area contributed by atoms with E-state index in [1.54, 1.807) is 30.5 Å². The Bertz CT molecular complexity index is 1380. The molecule has 4 N–H and O–H groups in total. The van der Waals surface area contributed by atoms with Crippen molar-refractivity contribution in [3.05, 3.63) is 81.1 Å². The quantitative estimate of drug-likeness (QED) is 0.381. The lowest BCUT2D eigenvalue weighted by Crippen LogP contribution is -2.46. The van der Waals surface area contributed by atoms with Crippen molar-refractivity contribution in [1.29, 1.82) is 0 Å². The Kier molecular flexibility index (Phi) is 4.93. The van der Waals surface area contributed by atoms with Gasteiger partial charge in [0.05, 0.1) is 10.9 Å². The van der Waals surface area contributed by atoms with Crippen LogP contribution in [0.1, 0.15) is 11.6 Å². The topological polar surface area (TPSA) is 137 Å². The highest BCUT2D eigenvalue weighted by Crippen LogP contribution is 2.22. The molecule has 152 valence electrons. The van der Waals surface area contributed by atoms with Gasteiger partial charge in [-0.15, -0.1) is 0 Å². The van der Waals surface area contributed by atoms with Crippen molar-refractivity contribution >= 4 is 33.7 Å². The Hall–Kier alpha value is -4.14. The number of para-hydroxylation sites is 2. The van der Waals surface area contributed by atoms with Crippen molar-refractivity contribution in [1.82, 2.24) is 19.9 Å². The lowest BCUT2D eigenvalue weighted by atomic mass is 10.0. The predicted octanol–water partition coefficient (Wildman–Crippen LogP) is 1.16. The van der Waals surface area contributed by atoms with Gasteiger partial charge in [-0.3, -0.25) is 14.4 Å². The minimum Gasteiger partial charge on any atom is -0.480 e. The van der Waals surface area contributed by atoms with Gasteiger partial charge < -0.3 is 20.4 Å². The molecule has 0 aliphatic carbocycles. The largest absolute Gasteiger partial charge is 0.480 e. The van der Waals surface area contributed by atoms with Gasteiger partial charge in [-0.2, -0.15) is 0 Å². The molecule has 0 aliphatic heterocycles. The molecule has 1 amide bonds. The van der Waals surface area contributed by atoms with E-state index in [1.807, 2.05) is 24.3 Å². The van der Waals surface area contributed by atoms with Gasteiger partial charge in [-0.1, -0.05) is 30.3 Å². The van der Waals surface area contributed by atoms with E-state index in [0.29, 0.717) is 5.52 Å². The van der Waals surface area contributed by atoms with E-state index in [4.69, 9.17) is 5.11 Å². The molecule has 9 nitrogen and oxygen atoms in total. The Morgan fingerprint density at radius 3 is 2.40 bits per heavy atom. The molecule has 4 aromatic rings. The molecule has 0 aliphatic rings. The number of aromatic nitrogens is 3. The van der Waals surface area contributed by atoms with Crippen LogP contribution in [0.2, 0.25) is 0 Å². The number of fused-ring (bicyclic) bond motifs is 2. The van der Waals surface area contributed by atoms with Gasteiger partial charge in [0.25, 0.3) is 5.56 Å². The number of benzene rings is 2. The van der Waals surface area contributed by atoms with Gasteiger partial charge in [-0.05, 0) is 23.8 Å². The Morgan fingerprint density at radius 2 is 1.67 bits per heavy atom. The van der Waals surface area contributed by atoms with Gasteiger partial charge >= 0.3 is 11.7 Å². The van der Waals surface area contributed by atoms with Crippen molar-refractivity contribution in [2.45, 2.75) is 12.5 Å². The molecule has 0 bridgehead atoms. The molecule has 0 spiro atoms. The van der Waals surface area contributed by atoms with Crippen LogP contribution < -0.4 is 16.6 Å². The first-order valence-electron chi connectivity index (χ1n) is 9.24. The second-order valence-electron chi connectivity index (χ2n) is 6.84. The summed E-state index contributed by atoms with van der Waals surface area (Å²) in [6, 6.07) is 12.7. The molecular weight excluding hydrogens is 388 g/mol. The fourth-order valence-electron chi connectivity index (χ4n) is 3.55. The molecule has 0 radical (unpaired) electrons. The zero-order valence-corrected chi connectivity index (χ0v) is 15.7. The molecule has 4 rings (SSSR count). The number of H-pyrrole nitrogens is 2. The van der Waals surface area contributed by atoms with Crippen molar-refractivity contribution < 1.29 is 14.7 Å². The maximum absolute atomic E-state index is 13.1. The summed E-state index contributed by atoms with van der Waals surface area (Å²) in [6.07, 6.45) is 1.74. The van der Waals surface area contributed by atoms with Crippen LogP contribution in [0.3, 0.4) is 0 Å². The third kappa shape index (κ3) is 3.48. The van der Waals surface area contributed by atoms with Gasteiger partial charge in [-0.25, -0.2) is 9.36 Å². The highest BCUT2D eigenvalue weighted by molar-refractivity contribution is 5.87. The molecule has 0 saturated heterocycles. The molecule has 0 fully saturated rings. The Balaban J connectivity index is 1.84. The molecule has 2 aromatic heterocycles. The van der Waals surface area contributed by atoms with E-state index in [2.05, 4.69) is 15.3 Å². The molecule has 0 unspecified atom stereocenters. The standard InChI is InChI=1S/C21H18N4O5/c26-18(27)11-23-19(28)17(9-12-10-22-15-7-3-1-5-13(12)15)25-20(29)14-6-2-4-8-16(14)24-21(25)30/h1-8,10,17,22H,9,11H2,(H,23,28)(H,24,30)(H,26,27)/t17-/m0/s1. The normalized spacial score (nSPS) is 12.1. The number of carboxylic acid groups (broad SMARTS) is 1. The first kappa shape index (κ1) is 19.2. The lowest BCUT2D eigenvalue weighted by Gasteiger charge is -2.18. The van der Waals surface area contributed by atoms with Crippen molar-refractivity contribution in [2.24, 2.45) is 0 Å². The molecular formula is C21H18N4O5. The van der Waals surface area contributed by atoms with Crippen LogP contribution in [0.25, 0.3) is 21.8 Å². The minimum atomic E-state index is -1.23. The van der Waals surface area contributed by atoms with E-state index in [9.17, 15) is 19.2 Å². The summed E-state index contributed by atoms with van der Waals surface area (Å²) in [7, 11) is 0. The number of rotatable bonds is 6. The number of aliphatic carboxylic acids is 1.